The van der Waals surface area contributed by atoms with Crippen molar-refractivity contribution >= 4 is 14.5 Å². The number of rotatable bonds is 4. The van der Waals surface area contributed by atoms with Gasteiger partial charge in [0.2, 0.25) is 0 Å². The van der Waals surface area contributed by atoms with Crippen molar-refractivity contribution in [2.45, 2.75) is 20.8 Å². The van der Waals surface area contributed by atoms with Gasteiger partial charge in [-0.25, -0.2) is 0 Å². The van der Waals surface area contributed by atoms with Gasteiger partial charge in [-0.1, -0.05) is 29.8 Å². The SMILES string of the molecule is Cc1cc(C)c(C(=O)c2ccccc2O[PH+]=O)c(C)c1. The molecule has 0 aliphatic carbocycles. The number of ketones is 1. The average Bonchev–Trinajstić information content (AvgIpc) is 2.38. The van der Waals surface area contributed by atoms with Gasteiger partial charge in [0.05, 0.1) is 5.56 Å². The van der Waals surface area contributed by atoms with Crippen LogP contribution in [0.3, 0.4) is 0 Å². The summed E-state index contributed by atoms with van der Waals surface area (Å²) in [6, 6.07) is 10.8. The molecule has 0 saturated carbocycles. The topological polar surface area (TPSA) is 43.4 Å². The van der Waals surface area contributed by atoms with Gasteiger partial charge in [0.15, 0.2) is 11.5 Å². The molecule has 0 aliphatic heterocycles. The number of hydrogen-bond acceptors (Lipinski definition) is 3. The van der Waals surface area contributed by atoms with Gasteiger partial charge in [0.1, 0.15) is 0 Å². The zero-order chi connectivity index (χ0) is 14.7. The van der Waals surface area contributed by atoms with E-state index in [4.69, 9.17) is 4.52 Å². The van der Waals surface area contributed by atoms with Crippen LogP contribution >= 0.6 is 8.69 Å². The highest BCUT2D eigenvalue weighted by molar-refractivity contribution is 7.17. The molecule has 0 radical (unpaired) electrons. The first-order chi connectivity index (χ1) is 9.54. The lowest BCUT2D eigenvalue weighted by atomic mass is 9.93. The third kappa shape index (κ3) is 2.78. The Morgan fingerprint density at radius 2 is 1.65 bits per heavy atom. The molecule has 0 aliphatic rings. The highest BCUT2D eigenvalue weighted by Gasteiger charge is 2.20. The Balaban J connectivity index is 2.55. The monoisotopic (exact) mass is 287 g/mol. The molecule has 4 heteroatoms. The normalized spacial score (nSPS) is 10.6. The van der Waals surface area contributed by atoms with E-state index in [0.717, 1.165) is 16.7 Å². The smallest absolute Gasteiger partial charge is 0.288 e. The number of carbonyl (C=O) groups excluding carboxylic acids is 1. The fourth-order valence-corrected chi connectivity index (χ4v) is 2.73. The third-order valence-electron chi connectivity index (χ3n) is 3.19. The van der Waals surface area contributed by atoms with Gasteiger partial charge in [-0.3, -0.25) is 9.32 Å². The molecule has 0 N–H and O–H groups in total. The van der Waals surface area contributed by atoms with Crippen LogP contribution in [0.4, 0.5) is 0 Å². The van der Waals surface area contributed by atoms with E-state index >= 15 is 0 Å². The predicted molar refractivity (Wildman–Crippen MR) is 80.2 cm³/mol. The number of carbonyl (C=O) groups is 1. The minimum atomic E-state index is -0.928. The van der Waals surface area contributed by atoms with Crippen molar-refractivity contribution < 1.29 is 13.9 Å². The van der Waals surface area contributed by atoms with Crippen molar-refractivity contribution in [2.75, 3.05) is 0 Å². The van der Waals surface area contributed by atoms with Gasteiger partial charge < -0.3 is 0 Å². The molecule has 0 spiro atoms. The molecule has 2 aromatic rings. The van der Waals surface area contributed by atoms with Crippen LogP contribution in [0.1, 0.15) is 32.6 Å². The van der Waals surface area contributed by atoms with Gasteiger partial charge in [0, 0.05) is 5.56 Å². The molecule has 1 atom stereocenters. The molecule has 0 aromatic heterocycles. The van der Waals surface area contributed by atoms with Crippen molar-refractivity contribution in [1.82, 2.24) is 0 Å². The van der Waals surface area contributed by atoms with Crippen molar-refractivity contribution in [2.24, 2.45) is 0 Å². The zero-order valence-corrected chi connectivity index (χ0v) is 12.7. The lowest BCUT2D eigenvalue weighted by molar-refractivity contribution is 0.103. The summed E-state index contributed by atoms with van der Waals surface area (Å²) in [6.07, 6.45) is 0. The van der Waals surface area contributed by atoms with Gasteiger partial charge in [-0.2, -0.15) is 0 Å². The zero-order valence-electron chi connectivity index (χ0n) is 11.7. The van der Waals surface area contributed by atoms with E-state index < -0.39 is 8.69 Å². The van der Waals surface area contributed by atoms with E-state index in [2.05, 4.69) is 0 Å². The van der Waals surface area contributed by atoms with Crippen molar-refractivity contribution in [1.29, 1.82) is 0 Å². The molecule has 0 amide bonds. The Morgan fingerprint density at radius 3 is 2.25 bits per heavy atom. The van der Waals surface area contributed by atoms with Crippen LogP contribution in [0.15, 0.2) is 36.4 Å². The summed E-state index contributed by atoms with van der Waals surface area (Å²) >= 11 is 0. The van der Waals surface area contributed by atoms with Crippen LogP contribution in [0.25, 0.3) is 0 Å². The Hall–Kier alpha value is -1.99. The van der Waals surface area contributed by atoms with Gasteiger partial charge in [-0.05, 0) is 48.6 Å². The van der Waals surface area contributed by atoms with Crippen molar-refractivity contribution in [3.63, 3.8) is 0 Å². The highest BCUT2D eigenvalue weighted by Crippen LogP contribution is 2.27. The van der Waals surface area contributed by atoms with Crippen LogP contribution < -0.4 is 4.52 Å². The number of aryl methyl sites for hydroxylation is 3. The quantitative estimate of drug-likeness (QED) is 0.626. The third-order valence-corrected chi connectivity index (χ3v) is 3.49. The number of hydrogen-bond donors (Lipinski definition) is 0. The molecule has 3 nitrogen and oxygen atoms in total. The minimum Gasteiger partial charge on any atom is -0.288 e. The summed E-state index contributed by atoms with van der Waals surface area (Å²) in [5.74, 6) is 0.249. The van der Waals surface area contributed by atoms with Crippen molar-refractivity contribution in [3.05, 3.63) is 64.2 Å². The van der Waals surface area contributed by atoms with Crippen LogP contribution in [0, 0.1) is 20.8 Å². The molecule has 1 unspecified atom stereocenters. The molecule has 0 fully saturated rings. The van der Waals surface area contributed by atoms with E-state index in [1.165, 1.54) is 0 Å². The number of benzene rings is 2. The second-order valence-corrected chi connectivity index (χ2v) is 5.16. The van der Waals surface area contributed by atoms with Crippen LogP contribution in [0.2, 0.25) is 0 Å². The molecule has 0 heterocycles. The molecule has 20 heavy (non-hydrogen) atoms. The van der Waals surface area contributed by atoms with E-state index in [-0.39, 0.29) is 5.78 Å². The maximum atomic E-state index is 12.7. The molecule has 2 rings (SSSR count). The Kier molecular flexibility index (Phi) is 4.31. The standard InChI is InChI=1S/C16H16O3P/c1-10-8-11(2)15(12(3)9-10)16(17)13-6-4-5-7-14(13)19-20-18/h4-9,20H,1-3H3/q+1. The molecule has 102 valence electrons. The predicted octanol–water partition coefficient (Wildman–Crippen LogP) is 4.16. The van der Waals surface area contributed by atoms with Gasteiger partial charge in [0.25, 0.3) is 0 Å². The fraction of sp³-hybridized carbons (Fsp3) is 0.188. The van der Waals surface area contributed by atoms with Crippen molar-refractivity contribution in [3.8, 4) is 5.75 Å². The maximum Gasteiger partial charge on any atom is 0.542 e. The summed E-state index contributed by atoms with van der Waals surface area (Å²) in [6.45, 7) is 5.85. The first kappa shape index (κ1) is 14.4. The Labute approximate surface area is 119 Å². The maximum absolute atomic E-state index is 12.7. The fourth-order valence-electron chi connectivity index (χ4n) is 2.46. The molecule has 0 bridgehead atoms. The molecule has 0 saturated heterocycles. The lowest BCUT2D eigenvalue weighted by Gasteiger charge is -2.11. The molecule has 2 aromatic carbocycles. The minimum absolute atomic E-state index is 0.103. The summed E-state index contributed by atoms with van der Waals surface area (Å²) in [5, 5.41) is 0. The molecular formula is C16H16O3P+. The van der Waals surface area contributed by atoms with Crippen LogP contribution in [-0.4, -0.2) is 5.78 Å². The van der Waals surface area contributed by atoms with E-state index in [9.17, 15) is 9.36 Å². The average molecular weight is 287 g/mol. The molecular weight excluding hydrogens is 271 g/mol. The second kappa shape index (κ2) is 5.98. The van der Waals surface area contributed by atoms with Crippen LogP contribution in [-0.2, 0) is 4.57 Å². The highest BCUT2D eigenvalue weighted by atomic mass is 31.1. The van der Waals surface area contributed by atoms with Gasteiger partial charge in [-0.15, -0.1) is 0 Å². The van der Waals surface area contributed by atoms with E-state index in [1.54, 1.807) is 24.3 Å². The number of para-hydroxylation sites is 1. The van der Waals surface area contributed by atoms with E-state index in [1.807, 2.05) is 32.9 Å². The van der Waals surface area contributed by atoms with Crippen LogP contribution in [0.5, 0.6) is 5.75 Å². The first-order valence-corrected chi connectivity index (χ1v) is 7.12. The van der Waals surface area contributed by atoms with Gasteiger partial charge >= 0.3 is 8.69 Å². The lowest BCUT2D eigenvalue weighted by Crippen LogP contribution is -2.07. The first-order valence-electron chi connectivity index (χ1n) is 6.30. The van der Waals surface area contributed by atoms with E-state index in [0.29, 0.717) is 16.9 Å². The largest absolute Gasteiger partial charge is 0.542 e. The Morgan fingerprint density at radius 1 is 1.05 bits per heavy atom. The summed E-state index contributed by atoms with van der Waals surface area (Å²) in [5.41, 5.74) is 4.12. The Bertz CT molecular complexity index is 654. The summed E-state index contributed by atoms with van der Waals surface area (Å²) in [4.78, 5) is 12.7. The summed E-state index contributed by atoms with van der Waals surface area (Å²) in [7, 11) is -0.928. The summed E-state index contributed by atoms with van der Waals surface area (Å²) < 4.78 is 15.7. The second-order valence-electron chi connectivity index (χ2n) is 4.78.